The first-order valence-corrected chi connectivity index (χ1v) is 17.7. The summed E-state index contributed by atoms with van der Waals surface area (Å²) in [4.78, 5) is 38.5. The number of fused-ring (bicyclic) bond motifs is 1. The van der Waals surface area contributed by atoms with Crippen LogP contribution >= 0.6 is 0 Å². The lowest BCUT2D eigenvalue weighted by Gasteiger charge is -2.25. The second-order valence-electron chi connectivity index (χ2n) is 16.4. The maximum Gasteiger partial charge on any atom is 0.309 e. The van der Waals surface area contributed by atoms with Gasteiger partial charge in [0.2, 0.25) is 0 Å². The molecule has 6 nitrogen and oxygen atoms in total. The average Bonchev–Trinajstić information content (AvgIpc) is 3.39. The van der Waals surface area contributed by atoms with E-state index in [1.807, 2.05) is 62.3 Å². The molecule has 1 aromatic carbocycles. The number of rotatable bonds is 17. The highest BCUT2D eigenvalue weighted by molar-refractivity contribution is 5.73. The Morgan fingerprint density at radius 2 is 1.09 bits per heavy atom. The Morgan fingerprint density at radius 1 is 0.630 bits per heavy atom. The number of hydrogen-bond acceptors (Lipinski definition) is 6. The summed E-state index contributed by atoms with van der Waals surface area (Å²) in [5.74, 6) is -0.484. The van der Waals surface area contributed by atoms with Crippen LogP contribution in [0.1, 0.15) is 163 Å². The third kappa shape index (κ3) is 14.9. The van der Waals surface area contributed by atoms with Crippen LogP contribution in [0.25, 0.3) is 12.2 Å². The SMILES string of the molecule is Cc1ccc(C(C)CCCC(CCCCC(CCCCC(=O)OC(C)(C)C)C(=O)OC(C)(C)C)C(=O)OC(C)(C)C)c2c1=CCC=2. The highest BCUT2D eigenvalue weighted by atomic mass is 16.6. The third-order valence-corrected chi connectivity index (χ3v) is 8.34. The van der Waals surface area contributed by atoms with E-state index in [4.69, 9.17) is 14.2 Å². The van der Waals surface area contributed by atoms with Gasteiger partial charge in [0.05, 0.1) is 11.8 Å². The third-order valence-electron chi connectivity index (χ3n) is 8.34. The summed E-state index contributed by atoms with van der Waals surface area (Å²) in [6, 6.07) is 4.51. The average molecular weight is 641 g/mol. The molecule has 0 saturated carbocycles. The lowest BCUT2D eigenvalue weighted by atomic mass is 9.88. The number of unbranched alkanes of at least 4 members (excludes halogenated alkanes) is 2. The lowest BCUT2D eigenvalue weighted by Crippen LogP contribution is -2.30. The van der Waals surface area contributed by atoms with Gasteiger partial charge in [0.1, 0.15) is 16.8 Å². The van der Waals surface area contributed by atoms with Gasteiger partial charge in [-0.05, 0) is 142 Å². The zero-order chi connectivity index (χ0) is 34.7. The van der Waals surface area contributed by atoms with E-state index in [-0.39, 0.29) is 29.7 Å². The quantitative estimate of drug-likeness (QED) is 0.0964. The van der Waals surface area contributed by atoms with Crippen LogP contribution in [0.4, 0.5) is 0 Å². The first kappa shape index (κ1) is 39.5. The minimum absolute atomic E-state index is 0.120. The second kappa shape index (κ2) is 17.5. The van der Waals surface area contributed by atoms with E-state index in [0.29, 0.717) is 31.6 Å². The summed E-state index contributed by atoms with van der Waals surface area (Å²) < 4.78 is 17.0. The molecule has 0 aromatic heterocycles. The highest BCUT2D eigenvalue weighted by Gasteiger charge is 2.27. The first-order valence-electron chi connectivity index (χ1n) is 17.7. The molecular weight excluding hydrogens is 576 g/mol. The van der Waals surface area contributed by atoms with Gasteiger partial charge in [-0.2, -0.15) is 0 Å². The Morgan fingerprint density at radius 3 is 1.59 bits per heavy atom. The fourth-order valence-electron chi connectivity index (χ4n) is 6.18. The van der Waals surface area contributed by atoms with Gasteiger partial charge in [-0.1, -0.05) is 56.9 Å². The molecule has 0 radical (unpaired) electrons. The monoisotopic (exact) mass is 640 g/mol. The van der Waals surface area contributed by atoms with Crippen molar-refractivity contribution in [3.63, 3.8) is 0 Å². The van der Waals surface area contributed by atoms with Crippen molar-refractivity contribution in [3.05, 3.63) is 33.7 Å². The van der Waals surface area contributed by atoms with E-state index in [1.54, 1.807) is 0 Å². The number of hydrogen-bond donors (Lipinski definition) is 0. The van der Waals surface area contributed by atoms with Crippen molar-refractivity contribution in [2.45, 2.75) is 176 Å². The molecule has 6 heteroatoms. The smallest absolute Gasteiger partial charge is 0.309 e. The van der Waals surface area contributed by atoms with Crippen LogP contribution in [0, 0.1) is 18.8 Å². The van der Waals surface area contributed by atoms with E-state index in [9.17, 15) is 14.4 Å². The fourth-order valence-corrected chi connectivity index (χ4v) is 6.18. The van der Waals surface area contributed by atoms with Gasteiger partial charge in [0.15, 0.2) is 0 Å². The van der Waals surface area contributed by atoms with Crippen LogP contribution in [0.3, 0.4) is 0 Å². The van der Waals surface area contributed by atoms with Crippen molar-refractivity contribution in [1.82, 2.24) is 0 Å². The van der Waals surface area contributed by atoms with Gasteiger partial charge in [-0.3, -0.25) is 14.4 Å². The second-order valence-corrected chi connectivity index (χ2v) is 16.4. The molecule has 0 bridgehead atoms. The minimum Gasteiger partial charge on any atom is -0.460 e. The highest BCUT2D eigenvalue weighted by Crippen LogP contribution is 2.27. The molecular formula is C40H64O6. The molecule has 3 atom stereocenters. The van der Waals surface area contributed by atoms with Crippen LogP contribution in [0.5, 0.6) is 0 Å². The predicted molar refractivity (Wildman–Crippen MR) is 188 cm³/mol. The number of ether oxygens (including phenoxy) is 3. The summed E-state index contributed by atoms with van der Waals surface area (Å²) in [7, 11) is 0. The molecule has 1 aromatic rings. The molecule has 0 aliphatic heterocycles. The van der Waals surface area contributed by atoms with E-state index < -0.39 is 16.8 Å². The molecule has 2 rings (SSSR count). The van der Waals surface area contributed by atoms with Crippen molar-refractivity contribution in [1.29, 1.82) is 0 Å². The van der Waals surface area contributed by atoms with Crippen molar-refractivity contribution in [3.8, 4) is 0 Å². The largest absolute Gasteiger partial charge is 0.460 e. The van der Waals surface area contributed by atoms with Gasteiger partial charge in [0, 0.05) is 6.42 Å². The van der Waals surface area contributed by atoms with Crippen LogP contribution in [-0.4, -0.2) is 34.7 Å². The molecule has 0 heterocycles. The maximum absolute atomic E-state index is 13.3. The van der Waals surface area contributed by atoms with Crippen LogP contribution in [-0.2, 0) is 28.6 Å². The minimum atomic E-state index is -0.556. The molecule has 3 unspecified atom stereocenters. The van der Waals surface area contributed by atoms with E-state index in [0.717, 1.165) is 51.4 Å². The summed E-state index contributed by atoms with van der Waals surface area (Å²) in [6.07, 6.45) is 14.0. The Hall–Kier alpha value is -2.63. The van der Waals surface area contributed by atoms with E-state index in [2.05, 4.69) is 38.1 Å². The number of carbonyl (C=O) groups excluding carboxylic acids is 3. The molecule has 0 spiro atoms. The van der Waals surface area contributed by atoms with E-state index >= 15 is 0 Å². The Kier molecular flexibility index (Phi) is 15.0. The molecule has 1 aliphatic rings. The van der Waals surface area contributed by atoms with Gasteiger partial charge < -0.3 is 14.2 Å². The van der Waals surface area contributed by atoms with Gasteiger partial charge >= 0.3 is 17.9 Å². The van der Waals surface area contributed by atoms with Gasteiger partial charge in [0.25, 0.3) is 0 Å². The number of esters is 3. The molecule has 1 aliphatic carbocycles. The maximum atomic E-state index is 13.3. The summed E-state index contributed by atoms with van der Waals surface area (Å²) in [5, 5.41) is 2.77. The van der Waals surface area contributed by atoms with Crippen molar-refractivity contribution >= 4 is 30.1 Å². The van der Waals surface area contributed by atoms with Crippen molar-refractivity contribution in [2.75, 3.05) is 0 Å². The van der Waals surface area contributed by atoms with Crippen LogP contribution in [0.15, 0.2) is 12.1 Å². The summed E-state index contributed by atoms with van der Waals surface area (Å²) >= 11 is 0. The number of benzene rings is 1. The first-order chi connectivity index (χ1) is 21.3. The lowest BCUT2D eigenvalue weighted by molar-refractivity contribution is -0.162. The van der Waals surface area contributed by atoms with Crippen LogP contribution < -0.4 is 10.4 Å². The van der Waals surface area contributed by atoms with Gasteiger partial charge in [-0.25, -0.2) is 0 Å². The number of aryl methyl sites for hydroxylation is 1. The Labute approximate surface area is 279 Å². The molecule has 0 amide bonds. The normalized spacial score (nSPS) is 15.2. The molecule has 46 heavy (non-hydrogen) atoms. The Balaban J connectivity index is 1.96. The molecule has 0 saturated heterocycles. The fraction of sp³-hybridized carbons (Fsp3) is 0.725. The molecule has 0 N–H and O–H groups in total. The van der Waals surface area contributed by atoms with Gasteiger partial charge in [-0.15, -0.1) is 0 Å². The molecule has 0 fully saturated rings. The van der Waals surface area contributed by atoms with Crippen molar-refractivity contribution < 1.29 is 28.6 Å². The number of carbonyl (C=O) groups is 3. The zero-order valence-corrected chi connectivity index (χ0v) is 31.0. The predicted octanol–water partition coefficient (Wildman–Crippen LogP) is 8.61. The van der Waals surface area contributed by atoms with Crippen LogP contribution in [0.2, 0.25) is 0 Å². The standard InChI is InChI=1S/C40H64O6/c1-28(33-27-26-29(2)32-23-17-24-34(32)33)18-16-22-31(37(43)46-40(9,10)11)20-13-12-19-30(36(42)45-39(6,7)8)21-14-15-25-35(41)44-38(3,4)5/h23-24,26-28,30-31H,12-22,25H2,1-11H3. The topological polar surface area (TPSA) is 78.9 Å². The summed E-state index contributed by atoms with van der Waals surface area (Å²) in [6.45, 7) is 21.5. The van der Waals surface area contributed by atoms with Crippen molar-refractivity contribution in [2.24, 2.45) is 11.8 Å². The molecule has 260 valence electrons. The summed E-state index contributed by atoms with van der Waals surface area (Å²) in [5.41, 5.74) is 1.16. The zero-order valence-electron chi connectivity index (χ0n) is 31.0. The van der Waals surface area contributed by atoms with E-state index in [1.165, 1.54) is 21.6 Å². The Bertz CT molecular complexity index is 1270.